The number of hydrogen-bond acceptors (Lipinski definition) is 2. The zero-order valence-corrected chi connectivity index (χ0v) is 10.8. The van der Waals surface area contributed by atoms with Crippen LogP contribution in [0.3, 0.4) is 0 Å². The molecule has 3 rings (SSSR count). The second-order valence-electron chi connectivity index (χ2n) is 5.12. The van der Waals surface area contributed by atoms with Crippen molar-refractivity contribution in [2.45, 2.75) is 51.0 Å². The summed E-state index contributed by atoms with van der Waals surface area (Å²) in [5.41, 5.74) is 1.38. The van der Waals surface area contributed by atoms with Crippen LogP contribution >= 0.6 is 11.8 Å². The third-order valence-electron chi connectivity index (χ3n) is 3.96. The minimum atomic E-state index is 0.669. The molecule has 0 N–H and O–H groups in total. The van der Waals surface area contributed by atoms with Crippen molar-refractivity contribution in [2.75, 3.05) is 11.5 Å². The molecule has 16 heavy (non-hydrogen) atoms. The Labute approximate surface area is 102 Å². The van der Waals surface area contributed by atoms with Crippen molar-refractivity contribution in [1.82, 2.24) is 9.55 Å². The molecule has 0 bridgehead atoms. The second-order valence-corrected chi connectivity index (χ2v) is 6.34. The summed E-state index contributed by atoms with van der Waals surface area (Å²) in [4.78, 5) is 4.88. The highest BCUT2D eigenvalue weighted by molar-refractivity contribution is 7.99. The fraction of sp³-hybridized carbons (Fsp3) is 0.769. The van der Waals surface area contributed by atoms with Crippen molar-refractivity contribution in [1.29, 1.82) is 0 Å². The predicted molar refractivity (Wildman–Crippen MR) is 69.2 cm³/mol. The van der Waals surface area contributed by atoms with Gasteiger partial charge in [0.1, 0.15) is 5.82 Å². The summed E-state index contributed by atoms with van der Waals surface area (Å²) in [7, 11) is 0. The first-order valence-electron chi connectivity index (χ1n) is 6.50. The van der Waals surface area contributed by atoms with E-state index in [1.54, 1.807) is 0 Å². The van der Waals surface area contributed by atoms with Gasteiger partial charge >= 0.3 is 0 Å². The Hall–Kier alpha value is -0.440. The molecule has 1 atom stereocenters. The number of aromatic nitrogens is 2. The lowest BCUT2D eigenvalue weighted by molar-refractivity contribution is 0.425. The zero-order chi connectivity index (χ0) is 11.0. The molecular formula is C13H20N2S. The lowest BCUT2D eigenvalue weighted by atomic mass is 10.00. The molecule has 0 radical (unpaired) electrons. The van der Waals surface area contributed by atoms with Gasteiger partial charge in [0.2, 0.25) is 0 Å². The number of rotatable bonds is 1. The van der Waals surface area contributed by atoms with Crippen LogP contribution in [0.15, 0.2) is 6.20 Å². The summed E-state index contributed by atoms with van der Waals surface area (Å²) in [6.07, 6.45) is 8.83. The third kappa shape index (κ3) is 1.90. The molecule has 3 heterocycles. The van der Waals surface area contributed by atoms with Crippen LogP contribution in [0, 0.1) is 0 Å². The van der Waals surface area contributed by atoms with Crippen LogP contribution < -0.4 is 0 Å². The van der Waals surface area contributed by atoms with Gasteiger partial charge in [-0.15, -0.1) is 0 Å². The maximum atomic E-state index is 4.88. The van der Waals surface area contributed by atoms with E-state index in [2.05, 4.69) is 29.4 Å². The van der Waals surface area contributed by atoms with Gasteiger partial charge in [-0.2, -0.15) is 11.8 Å². The summed E-state index contributed by atoms with van der Waals surface area (Å²) in [5, 5.41) is 0. The lowest BCUT2D eigenvalue weighted by Crippen LogP contribution is -2.14. The van der Waals surface area contributed by atoms with E-state index in [4.69, 9.17) is 4.98 Å². The Morgan fingerprint density at radius 3 is 2.88 bits per heavy atom. The van der Waals surface area contributed by atoms with Crippen LogP contribution in [0.4, 0.5) is 0 Å². The summed E-state index contributed by atoms with van der Waals surface area (Å²) in [6.45, 7) is 2.32. The maximum Gasteiger partial charge on any atom is 0.109 e. The SMILES string of the molecule is CC1CCCc2nc(C3CCSCC3)cn21. The van der Waals surface area contributed by atoms with Gasteiger partial charge in [0.25, 0.3) is 0 Å². The van der Waals surface area contributed by atoms with E-state index in [0.29, 0.717) is 6.04 Å². The van der Waals surface area contributed by atoms with Crippen LogP contribution in [0.1, 0.15) is 56.1 Å². The Balaban J connectivity index is 1.85. The molecule has 1 aromatic heterocycles. The van der Waals surface area contributed by atoms with Crippen molar-refractivity contribution in [3.63, 3.8) is 0 Å². The van der Waals surface area contributed by atoms with Crippen molar-refractivity contribution in [2.24, 2.45) is 0 Å². The summed E-state index contributed by atoms with van der Waals surface area (Å²) < 4.78 is 2.43. The number of thioether (sulfide) groups is 1. The van der Waals surface area contributed by atoms with Gasteiger partial charge < -0.3 is 4.57 Å². The molecule has 88 valence electrons. The first-order valence-corrected chi connectivity index (χ1v) is 7.65. The molecule has 1 aromatic rings. The zero-order valence-electron chi connectivity index (χ0n) is 9.98. The average molecular weight is 236 g/mol. The third-order valence-corrected chi connectivity index (χ3v) is 5.01. The van der Waals surface area contributed by atoms with Crippen molar-refractivity contribution in [3.05, 3.63) is 17.7 Å². The van der Waals surface area contributed by atoms with Gasteiger partial charge in [0.15, 0.2) is 0 Å². The van der Waals surface area contributed by atoms with Crippen LogP contribution in [0.25, 0.3) is 0 Å². The quantitative estimate of drug-likeness (QED) is 0.744. The first-order chi connectivity index (χ1) is 7.84. The summed E-state index contributed by atoms with van der Waals surface area (Å²) in [5.74, 6) is 4.73. The Morgan fingerprint density at radius 1 is 1.31 bits per heavy atom. The fourth-order valence-corrected chi connectivity index (χ4v) is 4.01. The van der Waals surface area contributed by atoms with Crippen molar-refractivity contribution >= 4 is 11.8 Å². The molecule has 2 nitrogen and oxygen atoms in total. The Morgan fingerprint density at radius 2 is 2.12 bits per heavy atom. The predicted octanol–water partition coefficient (Wildman–Crippen LogP) is 3.39. The van der Waals surface area contributed by atoms with Crippen LogP contribution in [0.5, 0.6) is 0 Å². The van der Waals surface area contributed by atoms with Gasteiger partial charge in [-0.3, -0.25) is 0 Å². The number of aryl methyl sites for hydroxylation is 1. The average Bonchev–Trinajstić information content (AvgIpc) is 2.76. The Kier molecular flexibility index (Phi) is 2.97. The summed E-state index contributed by atoms with van der Waals surface area (Å²) in [6, 6.07) is 0.669. The van der Waals surface area contributed by atoms with E-state index < -0.39 is 0 Å². The van der Waals surface area contributed by atoms with E-state index in [0.717, 1.165) is 5.92 Å². The lowest BCUT2D eigenvalue weighted by Gasteiger charge is -2.21. The van der Waals surface area contributed by atoms with Gasteiger partial charge in [-0.05, 0) is 44.1 Å². The van der Waals surface area contributed by atoms with E-state index in [1.807, 2.05) is 0 Å². The molecule has 1 saturated heterocycles. The molecule has 0 aliphatic carbocycles. The summed E-state index contributed by atoms with van der Waals surface area (Å²) >= 11 is 2.09. The van der Waals surface area contributed by atoms with Crippen molar-refractivity contribution in [3.8, 4) is 0 Å². The molecule has 1 fully saturated rings. The van der Waals surface area contributed by atoms with Crippen LogP contribution in [-0.4, -0.2) is 21.1 Å². The first kappa shape index (κ1) is 10.7. The van der Waals surface area contributed by atoms with E-state index in [-0.39, 0.29) is 0 Å². The molecular weight excluding hydrogens is 216 g/mol. The highest BCUT2D eigenvalue weighted by Gasteiger charge is 2.23. The molecule has 3 heteroatoms. The minimum absolute atomic E-state index is 0.669. The molecule has 0 saturated carbocycles. The number of fused-ring (bicyclic) bond motifs is 1. The molecule has 2 aliphatic rings. The molecule has 0 spiro atoms. The molecule has 1 unspecified atom stereocenters. The van der Waals surface area contributed by atoms with E-state index in [1.165, 1.54) is 55.1 Å². The molecule has 2 aliphatic heterocycles. The number of nitrogens with zero attached hydrogens (tertiary/aromatic N) is 2. The largest absolute Gasteiger partial charge is 0.332 e. The van der Waals surface area contributed by atoms with Gasteiger partial charge in [0.05, 0.1) is 5.69 Å². The van der Waals surface area contributed by atoms with E-state index in [9.17, 15) is 0 Å². The molecule has 0 amide bonds. The maximum absolute atomic E-state index is 4.88. The minimum Gasteiger partial charge on any atom is -0.332 e. The second kappa shape index (κ2) is 4.44. The van der Waals surface area contributed by atoms with Gasteiger partial charge in [0, 0.05) is 24.6 Å². The highest BCUT2D eigenvalue weighted by Crippen LogP contribution is 2.33. The standard InChI is InChI=1S/C13H20N2S/c1-10-3-2-4-13-14-12(9-15(10)13)11-5-7-16-8-6-11/h9-11H,2-8H2,1H3. The van der Waals surface area contributed by atoms with E-state index >= 15 is 0 Å². The van der Waals surface area contributed by atoms with Crippen LogP contribution in [-0.2, 0) is 6.42 Å². The normalized spacial score (nSPS) is 26.7. The number of imidazole rings is 1. The fourth-order valence-electron chi connectivity index (χ4n) is 2.90. The van der Waals surface area contributed by atoms with Gasteiger partial charge in [-0.25, -0.2) is 4.98 Å². The Bertz CT molecular complexity index is 366. The number of hydrogen-bond donors (Lipinski definition) is 0. The topological polar surface area (TPSA) is 17.8 Å². The van der Waals surface area contributed by atoms with Crippen LogP contribution in [0.2, 0.25) is 0 Å². The highest BCUT2D eigenvalue weighted by atomic mass is 32.2. The molecule has 0 aromatic carbocycles. The smallest absolute Gasteiger partial charge is 0.109 e. The van der Waals surface area contributed by atoms with Gasteiger partial charge in [-0.1, -0.05) is 0 Å². The van der Waals surface area contributed by atoms with Crippen molar-refractivity contribution < 1.29 is 0 Å². The monoisotopic (exact) mass is 236 g/mol.